The van der Waals surface area contributed by atoms with Crippen molar-refractivity contribution in [3.05, 3.63) is 131 Å². The quantitative estimate of drug-likeness (QED) is 0.192. The molecular formula is C41H24N4O. The Kier molecular flexibility index (Phi) is 4.60. The Balaban J connectivity index is 1.44. The van der Waals surface area contributed by atoms with Crippen LogP contribution in [0.4, 0.5) is 0 Å². The minimum Gasteiger partial charge on any atom is -0.455 e. The maximum Gasteiger partial charge on any atom is 0.145 e. The van der Waals surface area contributed by atoms with Crippen molar-refractivity contribution in [3.8, 4) is 23.5 Å². The summed E-state index contributed by atoms with van der Waals surface area (Å²) in [5, 5.41) is 27.0. The first-order chi connectivity index (χ1) is 22.5. The molecule has 0 fully saturated rings. The van der Waals surface area contributed by atoms with Gasteiger partial charge in [0.15, 0.2) is 0 Å². The molecule has 0 amide bonds. The number of rotatable bonds is 1. The summed E-state index contributed by atoms with van der Waals surface area (Å²) >= 11 is 0. The zero-order valence-corrected chi connectivity index (χ0v) is 25.1. The van der Waals surface area contributed by atoms with Crippen molar-refractivity contribution in [2.75, 3.05) is 0 Å². The fourth-order valence-electron chi connectivity index (χ4n) is 8.07. The van der Waals surface area contributed by atoms with E-state index in [4.69, 9.17) is 4.42 Å². The van der Waals surface area contributed by atoms with Crippen molar-refractivity contribution < 1.29 is 4.42 Å². The second kappa shape index (κ2) is 8.45. The first-order valence-corrected chi connectivity index (χ1v) is 15.4. The van der Waals surface area contributed by atoms with Gasteiger partial charge < -0.3 is 13.6 Å². The molecule has 0 saturated heterocycles. The summed E-state index contributed by atoms with van der Waals surface area (Å²) in [6, 6.07) is 42.6. The second-order valence-corrected chi connectivity index (χ2v) is 12.8. The van der Waals surface area contributed by atoms with Crippen molar-refractivity contribution in [1.82, 2.24) is 9.13 Å². The number of nitrogens with zero attached hydrogens (tertiary/aromatic N) is 4. The van der Waals surface area contributed by atoms with E-state index < -0.39 is 5.41 Å². The van der Waals surface area contributed by atoms with E-state index >= 15 is 0 Å². The monoisotopic (exact) mass is 588 g/mol. The first-order valence-electron chi connectivity index (χ1n) is 15.4. The molecule has 5 heteroatoms. The van der Waals surface area contributed by atoms with Crippen molar-refractivity contribution in [2.45, 2.75) is 19.3 Å². The van der Waals surface area contributed by atoms with Gasteiger partial charge in [0.25, 0.3) is 0 Å². The van der Waals surface area contributed by atoms with Crippen LogP contribution in [0.15, 0.2) is 114 Å². The summed E-state index contributed by atoms with van der Waals surface area (Å²) in [6.45, 7) is 4.39. The van der Waals surface area contributed by atoms with E-state index in [1.807, 2.05) is 18.2 Å². The van der Waals surface area contributed by atoms with Crippen molar-refractivity contribution >= 4 is 65.6 Å². The van der Waals surface area contributed by atoms with Gasteiger partial charge in [0.1, 0.15) is 17.2 Å². The zero-order valence-electron chi connectivity index (χ0n) is 25.1. The molecule has 1 aliphatic rings. The van der Waals surface area contributed by atoms with Gasteiger partial charge in [0.2, 0.25) is 0 Å². The van der Waals surface area contributed by atoms with Crippen molar-refractivity contribution in [2.24, 2.45) is 0 Å². The van der Waals surface area contributed by atoms with Crippen LogP contribution in [0.3, 0.4) is 0 Å². The van der Waals surface area contributed by atoms with Gasteiger partial charge in [-0.2, -0.15) is 10.5 Å². The highest BCUT2D eigenvalue weighted by molar-refractivity contribution is 6.26. The summed E-state index contributed by atoms with van der Waals surface area (Å²) in [6.07, 6.45) is 0. The lowest BCUT2D eigenvalue weighted by atomic mass is 9.73. The van der Waals surface area contributed by atoms with Gasteiger partial charge in [-0.15, -0.1) is 0 Å². The summed E-state index contributed by atoms with van der Waals surface area (Å²) in [4.78, 5) is 0. The normalized spacial score (nSPS) is 13.6. The van der Waals surface area contributed by atoms with Crippen LogP contribution in [0.25, 0.3) is 76.9 Å². The second-order valence-electron chi connectivity index (χ2n) is 12.8. The molecule has 5 nitrogen and oxygen atoms in total. The van der Waals surface area contributed by atoms with Crippen LogP contribution >= 0.6 is 0 Å². The fourth-order valence-corrected chi connectivity index (χ4v) is 8.07. The number of benzene rings is 6. The van der Waals surface area contributed by atoms with E-state index in [-0.39, 0.29) is 0 Å². The van der Waals surface area contributed by atoms with Crippen LogP contribution in [-0.2, 0) is 5.41 Å². The SMILES string of the molecule is CC1(C)c2cc(C#N)cc(C#N)c2-n2c3ccc(-n4c5ccccc5c5ccccc54)cc3c3c4oc5ccccc5c4cc1c32. The molecular weight excluding hydrogens is 564 g/mol. The van der Waals surface area contributed by atoms with Gasteiger partial charge in [-0.3, -0.25) is 0 Å². The highest BCUT2D eigenvalue weighted by Crippen LogP contribution is 2.52. The molecule has 0 unspecified atom stereocenters. The zero-order chi connectivity index (χ0) is 30.9. The third kappa shape index (κ3) is 2.93. The molecule has 0 spiro atoms. The number of hydrogen-bond acceptors (Lipinski definition) is 3. The fraction of sp³-hybridized carbons (Fsp3) is 0.0732. The first kappa shape index (κ1) is 25.1. The average Bonchev–Trinajstić information content (AvgIpc) is 3.74. The van der Waals surface area contributed by atoms with Gasteiger partial charge in [-0.25, -0.2) is 0 Å². The summed E-state index contributed by atoms with van der Waals surface area (Å²) in [5.41, 5.74) is 10.5. The molecule has 10 rings (SSSR count). The largest absolute Gasteiger partial charge is 0.455 e. The molecule has 0 radical (unpaired) electrons. The van der Waals surface area contributed by atoms with Crippen LogP contribution in [0.2, 0.25) is 0 Å². The Labute approximate surface area is 263 Å². The topological polar surface area (TPSA) is 70.6 Å². The lowest BCUT2D eigenvalue weighted by molar-refractivity contribution is 0.629. The van der Waals surface area contributed by atoms with Gasteiger partial charge in [-0.05, 0) is 65.7 Å². The minimum atomic E-state index is -0.487. The third-order valence-electron chi connectivity index (χ3n) is 10.1. The molecule has 6 aromatic carbocycles. The molecule has 0 atom stereocenters. The maximum atomic E-state index is 10.4. The summed E-state index contributed by atoms with van der Waals surface area (Å²) in [7, 11) is 0. The van der Waals surface area contributed by atoms with Crippen LogP contribution in [0.1, 0.15) is 36.1 Å². The minimum absolute atomic E-state index is 0.487. The molecule has 0 aliphatic carbocycles. The van der Waals surface area contributed by atoms with E-state index in [0.717, 1.165) is 77.3 Å². The van der Waals surface area contributed by atoms with Crippen LogP contribution in [0.5, 0.6) is 0 Å². The van der Waals surface area contributed by atoms with E-state index in [2.05, 4.69) is 120 Å². The van der Waals surface area contributed by atoms with E-state index in [9.17, 15) is 10.5 Å². The van der Waals surface area contributed by atoms with Gasteiger partial charge >= 0.3 is 0 Å². The van der Waals surface area contributed by atoms with E-state index in [0.29, 0.717) is 11.1 Å². The van der Waals surface area contributed by atoms with Crippen LogP contribution in [0, 0.1) is 22.7 Å². The maximum absolute atomic E-state index is 10.4. The Hall–Kier alpha value is -6.30. The molecule has 214 valence electrons. The molecule has 0 bridgehead atoms. The molecule has 9 aromatic rings. The predicted molar refractivity (Wildman–Crippen MR) is 184 cm³/mol. The Morgan fingerprint density at radius 1 is 0.609 bits per heavy atom. The number of hydrogen-bond donors (Lipinski definition) is 0. The van der Waals surface area contributed by atoms with Gasteiger partial charge in [-0.1, -0.05) is 68.4 Å². The summed E-state index contributed by atoms with van der Waals surface area (Å²) < 4.78 is 11.3. The molecule has 46 heavy (non-hydrogen) atoms. The Morgan fingerprint density at radius 3 is 2.00 bits per heavy atom. The highest BCUT2D eigenvalue weighted by atomic mass is 16.3. The summed E-state index contributed by atoms with van der Waals surface area (Å²) in [5.74, 6) is 0. The van der Waals surface area contributed by atoms with Crippen LogP contribution < -0.4 is 0 Å². The van der Waals surface area contributed by atoms with Crippen LogP contribution in [-0.4, -0.2) is 9.13 Å². The Bertz CT molecular complexity index is 2860. The Morgan fingerprint density at radius 2 is 1.28 bits per heavy atom. The number of fused-ring (bicyclic) bond motifs is 12. The standard InChI is InChI=1S/C41H24N4O/c1-41(2)31-18-23(21-42)17-24(22-43)38(31)45-35-16-15-25(44-33-12-6-3-9-26(33)27-10-4-7-13-34(27)44)19-30(35)37-39(45)32(41)20-29-28-11-5-8-14-36(28)46-40(29)37/h3-20H,1-2H3. The number of aromatic nitrogens is 2. The third-order valence-corrected chi connectivity index (χ3v) is 10.1. The predicted octanol–water partition coefficient (Wildman–Crippen LogP) is 10.2. The molecule has 1 aliphatic heterocycles. The smallest absolute Gasteiger partial charge is 0.145 e. The molecule has 0 N–H and O–H groups in total. The van der Waals surface area contributed by atoms with Gasteiger partial charge in [0, 0.05) is 38.0 Å². The lowest BCUT2D eigenvalue weighted by Gasteiger charge is -2.35. The van der Waals surface area contributed by atoms with Crippen molar-refractivity contribution in [1.29, 1.82) is 10.5 Å². The van der Waals surface area contributed by atoms with E-state index in [1.54, 1.807) is 6.07 Å². The average molecular weight is 589 g/mol. The molecule has 4 heterocycles. The number of para-hydroxylation sites is 3. The number of nitriles is 2. The lowest BCUT2D eigenvalue weighted by Crippen LogP contribution is -2.27. The van der Waals surface area contributed by atoms with Crippen molar-refractivity contribution in [3.63, 3.8) is 0 Å². The number of furan rings is 1. The van der Waals surface area contributed by atoms with E-state index in [1.165, 1.54) is 10.8 Å². The highest BCUT2D eigenvalue weighted by Gasteiger charge is 2.38. The molecule has 3 aromatic heterocycles. The molecule has 0 saturated carbocycles. The van der Waals surface area contributed by atoms with Gasteiger partial charge in [0.05, 0.1) is 50.3 Å².